The number of nitrogens with zero attached hydrogens (tertiary/aromatic N) is 1. The molecule has 0 saturated carbocycles. The van der Waals surface area contributed by atoms with Crippen LogP contribution in [-0.4, -0.2) is 49.2 Å². The molecule has 0 aliphatic carbocycles. The molecule has 2 fully saturated rings. The Hall–Kier alpha value is -0.610. The summed E-state index contributed by atoms with van der Waals surface area (Å²) in [5, 5.41) is 3.24. The zero-order valence-corrected chi connectivity index (χ0v) is 13.8. The molecule has 21 heavy (non-hydrogen) atoms. The van der Waals surface area contributed by atoms with Crippen molar-refractivity contribution in [1.82, 2.24) is 10.2 Å². The van der Waals surface area contributed by atoms with Gasteiger partial charge >= 0.3 is 0 Å². The van der Waals surface area contributed by atoms with Crippen LogP contribution in [0.5, 0.6) is 0 Å². The Labute approximate surface area is 129 Å². The number of hydrogen-bond donors (Lipinski definition) is 1. The molecule has 1 amide bonds. The summed E-state index contributed by atoms with van der Waals surface area (Å²) in [6.45, 7) is 9.21. The molecule has 2 aliphatic rings. The molecule has 0 aromatic rings. The van der Waals surface area contributed by atoms with Gasteiger partial charge in [-0.1, -0.05) is 12.8 Å². The third-order valence-electron chi connectivity index (χ3n) is 4.52. The van der Waals surface area contributed by atoms with Gasteiger partial charge in [-0.2, -0.15) is 0 Å². The number of carbonyl (C=O) groups is 1. The minimum Gasteiger partial charge on any atom is -0.381 e. The lowest BCUT2D eigenvalue weighted by Gasteiger charge is -2.33. The van der Waals surface area contributed by atoms with E-state index in [2.05, 4.69) is 24.1 Å². The van der Waals surface area contributed by atoms with Crippen molar-refractivity contribution >= 4 is 5.91 Å². The van der Waals surface area contributed by atoms with Gasteiger partial charge in [-0.05, 0) is 58.5 Å². The van der Waals surface area contributed by atoms with Gasteiger partial charge in [-0.15, -0.1) is 0 Å². The van der Waals surface area contributed by atoms with Crippen LogP contribution in [0.4, 0.5) is 0 Å². The van der Waals surface area contributed by atoms with Crippen molar-refractivity contribution in [2.24, 2.45) is 5.92 Å². The van der Waals surface area contributed by atoms with Gasteiger partial charge in [0.2, 0.25) is 5.91 Å². The SMILES string of the molecule is CC(C)(CN1CCCCCC1)NC(=O)CC1CCCOC1. The summed E-state index contributed by atoms with van der Waals surface area (Å²) in [6.07, 6.45) is 8.13. The van der Waals surface area contributed by atoms with Crippen molar-refractivity contribution in [1.29, 1.82) is 0 Å². The summed E-state index contributed by atoms with van der Waals surface area (Å²) in [4.78, 5) is 14.8. The van der Waals surface area contributed by atoms with Crippen LogP contribution >= 0.6 is 0 Å². The second-order valence-electron chi connectivity index (χ2n) is 7.41. The Kier molecular flexibility index (Phi) is 6.49. The Bertz CT molecular complexity index is 317. The fourth-order valence-electron chi connectivity index (χ4n) is 3.55. The van der Waals surface area contributed by atoms with Crippen LogP contribution in [0.1, 0.15) is 58.8 Å². The number of likely N-dealkylation sites (tertiary alicyclic amines) is 1. The molecule has 0 radical (unpaired) electrons. The maximum Gasteiger partial charge on any atom is 0.220 e. The molecule has 122 valence electrons. The molecule has 1 unspecified atom stereocenters. The van der Waals surface area contributed by atoms with Crippen LogP contribution in [-0.2, 0) is 9.53 Å². The van der Waals surface area contributed by atoms with E-state index in [1.165, 1.54) is 38.8 Å². The standard InChI is InChI=1S/C17H32N2O2/c1-17(2,14-19-9-5-3-4-6-10-19)18-16(20)12-15-8-7-11-21-13-15/h15H,3-14H2,1-2H3,(H,18,20). The maximum atomic E-state index is 12.3. The molecule has 0 aromatic heterocycles. The van der Waals surface area contributed by atoms with Gasteiger partial charge in [0, 0.05) is 31.7 Å². The zero-order chi connectivity index (χ0) is 15.1. The molecular weight excluding hydrogens is 264 g/mol. The zero-order valence-electron chi connectivity index (χ0n) is 13.8. The summed E-state index contributed by atoms with van der Waals surface area (Å²) < 4.78 is 5.46. The first-order valence-electron chi connectivity index (χ1n) is 8.66. The van der Waals surface area contributed by atoms with E-state index in [0.29, 0.717) is 12.3 Å². The average Bonchev–Trinajstić information content (AvgIpc) is 2.67. The Morgan fingerprint density at radius 3 is 2.52 bits per heavy atom. The summed E-state index contributed by atoms with van der Waals surface area (Å²) in [5.74, 6) is 0.595. The lowest BCUT2D eigenvalue weighted by Crippen LogP contribution is -2.52. The first-order valence-corrected chi connectivity index (χ1v) is 8.66. The molecule has 2 aliphatic heterocycles. The van der Waals surface area contributed by atoms with Crippen LogP contribution in [0.15, 0.2) is 0 Å². The molecule has 0 spiro atoms. The Balaban J connectivity index is 1.74. The average molecular weight is 296 g/mol. The van der Waals surface area contributed by atoms with E-state index in [4.69, 9.17) is 4.74 Å². The molecule has 4 heteroatoms. The first-order chi connectivity index (χ1) is 10.1. The van der Waals surface area contributed by atoms with Crippen LogP contribution in [0, 0.1) is 5.92 Å². The lowest BCUT2D eigenvalue weighted by atomic mass is 9.97. The van der Waals surface area contributed by atoms with E-state index in [1.807, 2.05) is 0 Å². The van der Waals surface area contributed by atoms with E-state index < -0.39 is 0 Å². The van der Waals surface area contributed by atoms with Gasteiger partial charge in [-0.3, -0.25) is 4.79 Å². The second kappa shape index (κ2) is 8.14. The molecule has 0 bridgehead atoms. The van der Waals surface area contributed by atoms with Crippen LogP contribution in [0.2, 0.25) is 0 Å². The summed E-state index contributed by atoms with van der Waals surface area (Å²) in [5.41, 5.74) is -0.142. The van der Waals surface area contributed by atoms with Crippen molar-refractivity contribution in [2.45, 2.75) is 64.3 Å². The van der Waals surface area contributed by atoms with Crippen molar-refractivity contribution in [3.8, 4) is 0 Å². The molecular formula is C17H32N2O2. The predicted octanol–water partition coefficient (Wildman–Crippen LogP) is 2.57. The monoisotopic (exact) mass is 296 g/mol. The van der Waals surface area contributed by atoms with E-state index in [-0.39, 0.29) is 11.4 Å². The number of carbonyl (C=O) groups excluding carboxylic acids is 1. The first kappa shape index (κ1) is 16.8. The number of ether oxygens (including phenoxy) is 1. The second-order valence-corrected chi connectivity index (χ2v) is 7.41. The van der Waals surface area contributed by atoms with Gasteiger partial charge in [0.1, 0.15) is 0 Å². The number of nitrogens with one attached hydrogen (secondary N) is 1. The van der Waals surface area contributed by atoms with Crippen molar-refractivity contribution < 1.29 is 9.53 Å². The van der Waals surface area contributed by atoms with Gasteiger partial charge < -0.3 is 15.0 Å². The number of rotatable bonds is 5. The predicted molar refractivity (Wildman–Crippen MR) is 85.3 cm³/mol. The van der Waals surface area contributed by atoms with Crippen molar-refractivity contribution in [2.75, 3.05) is 32.8 Å². The minimum absolute atomic E-state index is 0.142. The highest BCUT2D eigenvalue weighted by atomic mass is 16.5. The summed E-state index contributed by atoms with van der Waals surface area (Å²) in [6, 6.07) is 0. The molecule has 2 heterocycles. The molecule has 2 rings (SSSR count). The fourth-order valence-corrected chi connectivity index (χ4v) is 3.55. The molecule has 1 atom stereocenters. The third kappa shape index (κ3) is 6.35. The van der Waals surface area contributed by atoms with E-state index in [1.54, 1.807) is 0 Å². The highest BCUT2D eigenvalue weighted by Crippen LogP contribution is 2.18. The quantitative estimate of drug-likeness (QED) is 0.848. The Morgan fingerprint density at radius 1 is 1.19 bits per heavy atom. The Morgan fingerprint density at radius 2 is 1.90 bits per heavy atom. The van der Waals surface area contributed by atoms with Crippen molar-refractivity contribution in [3.05, 3.63) is 0 Å². The highest BCUT2D eigenvalue weighted by Gasteiger charge is 2.26. The van der Waals surface area contributed by atoms with Gasteiger partial charge in [0.15, 0.2) is 0 Å². The topological polar surface area (TPSA) is 41.6 Å². The lowest BCUT2D eigenvalue weighted by molar-refractivity contribution is -0.124. The fraction of sp³-hybridized carbons (Fsp3) is 0.941. The molecule has 0 aromatic carbocycles. The van der Waals surface area contributed by atoms with Crippen LogP contribution in [0.3, 0.4) is 0 Å². The van der Waals surface area contributed by atoms with E-state index >= 15 is 0 Å². The molecule has 2 saturated heterocycles. The maximum absolute atomic E-state index is 12.3. The number of amides is 1. The normalized spacial score (nSPS) is 25.3. The largest absolute Gasteiger partial charge is 0.381 e. The van der Waals surface area contributed by atoms with Gasteiger partial charge in [0.05, 0.1) is 0 Å². The van der Waals surface area contributed by atoms with Crippen LogP contribution in [0.25, 0.3) is 0 Å². The smallest absolute Gasteiger partial charge is 0.220 e. The summed E-state index contributed by atoms with van der Waals surface area (Å²) in [7, 11) is 0. The van der Waals surface area contributed by atoms with Gasteiger partial charge in [0.25, 0.3) is 0 Å². The molecule has 1 N–H and O–H groups in total. The van der Waals surface area contributed by atoms with Gasteiger partial charge in [-0.25, -0.2) is 0 Å². The van der Waals surface area contributed by atoms with E-state index in [9.17, 15) is 4.79 Å². The highest BCUT2D eigenvalue weighted by molar-refractivity contribution is 5.77. The summed E-state index contributed by atoms with van der Waals surface area (Å²) >= 11 is 0. The van der Waals surface area contributed by atoms with Crippen molar-refractivity contribution in [3.63, 3.8) is 0 Å². The third-order valence-corrected chi connectivity index (χ3v) is 4.52. The van der Waals surface area contributed by atoms with Crippen LogP contribution < -0.4 is 5.32 Å². The minimum atomic E-state index is -0.142. The molecule has 4 nitrogen and oxygen atoms in total. The number of hydrogen-bond acceptors (Lipinski definition) is 3. The van der Waals surface area contributed by atoms with E-state index in [0.717, 1.165) is 32.6 Å².